The quantitative estimate of drug-likeness (QED) is 0.609. The number of hydrogen-bond donors (Lipinski definition) is 1. The fourth-order valence-corrected chi connectivity index (χ4v) is 1.77. The molecule has 5 heteroatoms. The number of unbranched alkanes of at least 4 members (excludes halogenated alkanes) is 2. The van der Waals surface area contributed by atoms with Crippen molar-refractivity contribution >= 4 is 11.9 Å². The van der Waals surface area contributed by atoms with Gasteiger partial charge < -0.3 is 10.1 Å². The predicted octanol–water partition coefficient (Wildman–Crippen LogP) is 2.04. The van der Waals surface area contributed by atoms with Gasteiger partial charge in [0, 0.05) is 12.0 Å². The second kappa shape index (κ2) is 8.70. The average molecular weight is 274 g/mol. The minimum atomic E-state index is -0.675. The molecule has 5 nitrogen and oxygen atoms in total. The van der Waals surface area contributed by atoms with Gasteiger partial charge in [-0.2, -0.15) is 5.26 Å². The number of benzene rings is 1. The maximum absolute atomic E-state index is 12.0. The molecule has 0 saturated carbocycles. The van der Waals surface area contributed by atoms with Gasteiger partial charge in [-0.25, -0.2) is 4.79 Å². The molecule has 0 aliphatic carbocycles. The van der Waals surface area contributed by atoms with Crippen LogP contribution in [0.1, 0.15) is 36.0 Å². The van der Waals surface area contributed by atoms with Gasteiger partial charge in [-0.1, -0.05) is 18.2 Å². The van der Waals surface area contributed by atoms with Gasteiger partial charge in [0.25, 0.3) is 5.91 Å². The van der Waals surface area contributed by atoms with Crippen molar-refractivity contribution in [3.8, 4) is 6.07 Å². The van der Waals surface area contributed by atoms with E-state index in [-0.39, 0.29) is 5.91 Å². The molecule has 0 fully saturated rings. The lowest BCUT2D eigenvalue weighted by molar-refractivity contribution is -0.143. The molecule has 1 aromatic carbocycles. The van der Waals surface area contributed by atoms with E-state index in [4.69, 9.17) is 5.26 Å². The van der Waals surface area contributed by atoms with Gasteiger partial charge >= 0.3 is 5.97 Å². The van der Waals surface area contributed by atoms with E-state index in [2.05, 4.69) is 10.1 Å². The fraction of sp³-hybridized carbons (Fsp3) is 0.400. The highest BCUT2D eigenvalue weighted by molar-refractivity contribution is 5.96. The number of methoxy groups -OCH3 is 1. The number of nitrogens with zero attached hydrogens (tertiary/aromatic N) is 1. The third-order valence-corrected chi connectivity index (χ3v) is 2.86. The van der Waals surface area contributed by atoms with Crippen molar-refractivity contribution in [3.63, 3.8) is 0 Å². The van der Waals surface area contributed by atoms with Gasteiger partial charge in [-0.15, -0.1) is 0 Å². The highest BCUT2D eigenvalue weighted by Crippen LogP contribution is 2.07. The lowest BCUT2D eigenvalue weighted by Crippen LogP contribution is -2.41. The van der Waals surface area contributed by atoms with Crippen molar-refractivity contribution in [2.24, 2.45) is 0 Å². The van der Waals surface area contributed by atoms with E-state index in [0.29, 0.717) is 31.2 Å². The van der Waals surface area contributed by atoms with Crippen LogP contribution in [-0.4, -0.2) is 25.0 Å². The number of esters is 1. The molecule has 0 spiro atoms. The monoisotopic (exact) mass is 274 g/mol. The first-order valence-corrected chi connectivity index (χ1v) is 6.49. The first-order valence-electron chi connectivity index (χ1n) is 6.49. The number of amides is 1. The molecule has 20 heavy (non-hydrogen) atoms. The maximum atomic E-state index is 12.0. The molecule has 0 aromatic heterocycles. The second-order valence-corrected chi connectivity index (χ2v) is 4.32. The number of carbonyl (C=O) groups is 2. The normalized spacial score (nSPS) is 11.2. The maximum Gasteiger partial charge on any atom is 0.328 e. The zero-order valence-corrected chi connectivity index (χ0v) is 11.5. The molecule has 1 rings (SSSR count). The molecule has 106 valence electrons. The van der Waals surface area contributed by atoms with Crippen LogP contribution in [-0.2, 0) is 9.53 Å². The van der Waals surface area contributed by atoms with Crippen LogP contribution in [0.5, 0.6) is 0 Å². The summed E-state index contributed by atoms with van der Waals surface area (Å²) in [6.45, 7) is 0. The van der Waals surface area contributed by atoms with E-state index in [0.717, 1.165) is 0 Å². The van der Waals surface area contributed by atoms with E-state index >= 15 is 0 Å². The third kappa shape index (κ3) is 5.11. The van der Waals surface area contributed by atoms with Crippen LogP contribution >= 0.6 is 0 Å². The predicted molar refractivity (Wildman–Crippen MR) is 73.8 cm³/mol. The first kappa shape index (κ1) is 15.7. The average Bonchev–Trinajstić information content (AvgIpc) is 2.50. The van der Waals surface area contributed by atoms with Crippen LogP contribution in [0.4, 0.5) is 0 Å². The first-order chi connectivity index (χ1) is 9.69. The Balaban J connectivity index is 2.58. The summed E-state index contributed by atoms with van der Waals surface area (Å²) >= 11 is 0. The molecule has 0 bridgehead atoms. The summed E-state index contributed by atoms with van der Waals surface area (Å²) in [7, 11) is 1.29. The number of ether oxygens (including phenoxy) is 1. The zero-order chi connectivity index (χ0) is 14.8. The summed E-state index contributed by atoms with van der Waals surface area (Å²) in [6, 6.07) is 10.1. The highest BCUT2D eigenvalue weighted by Gasteiger charge is 2.21. The molecule has 0 aliphatic rings. The molecule has 1 aromatic rings. The minimum Gasteiger partial charge on any atom is -0.467 e. The summed E-state index contributed by atoms with van der Waals surface area (Å²) in [4.78, 5) is 23.6. The SMILES string of the molecule is COC(=O)[C@@H](CCCCC#N)NC(=O)c1ccccc1. The Morgan fingerprint density at radius 2 is 2.00 bits per heavy atom. The summed E-state index contributed by atoms with van der Waals surface area (Å²) in [5.74, 6) is -0.771. The number of carbonyl (C=O) groups excluding carboxylic acids is 2. The second-order valence-electron chi connectivity index (χ2n) is 4.32. The lowest BCUT2D eigenvalue weighted by atomic mass is 10.1. The molecule has 0 radical (unpaired) electrons. The molecule has 1 amide bonds. The number of nitrogens with one attached hydrogen (secondary N) is 1. The lowest BCUT2D eigenvalue weighted by Gasteiger charge is -2.16. The Hall–Kier alpha value is -2.35. The molecule has 0 aliphatic heterocycles. The number of rotatable bonds is 7. The van der Waals surface area contributed by atoms with E-state index in [1.54, 1.807) is 24.3 Å². The standard InChI is InChI=1S/C15H18N2O3/c1-20-15(19)13(10-6-3-7-11-16)17-14(18)12-8-4-2-5-9-12/h2,4-5,8-9,13H,3,6-7,10H2,1H3,(H,17,18)/t13-/m1/s1. The van der Waals surface area contributed by atoms with E-state index < -0.39 is 12.0 Å². The molecule has 0 unspecified atom stereocenters. The van der Waals surface area contributed by atoms with Crippen LogP contribution in [0.25, 0.3) is 0 Å². The summed E-state index contributed by atoms with van der Waals surface area (Å²) in [5.41, 5.74) is 0.499. The van der Waals surface area contributed by atoms with Gasteiger partial charge in [0.2, 0.25) is 0 Å². The largest absolute Gasteiger partial charge is 0.467 e. The Morgan fingerprint density at radius 3 is 2.60 bits per heavy atom. The Kier molecular flexibility index (Phi) is 6.83. The van der Waals surface area contributed by atoms with Crippen LogP contribution < -0.4 is 5.32 Å². The van der Waals surface area contributed by atoms with Gasteiger partial charge in [-0.05, 0) is 31.4 Å². The molecular weight excluding hydrogens is 256 g/mol. The van der Waals surface area contributed by atoms with Gasteiger partial charge in [0.1, 0.15) is 6.04 Å². The van der Waals surface area contributed by atoms with Crippen LogP contribution in [0.15, 0.2) is 30.3 Å². The van der Waals surface area contributed by atoms with Crippen molar-refractivity contribution in [1.29, 1.82) is 5.26 Å². The summed E-state index contributed by atoms with van der Waals surface area (Å²) in [5, 5.41) is 11.1. The topological polar surface area (TPSA) is 79.2 Å². The molecular formula is C15H18N2O3. The Morgan fingerprint density at radius 1 is 1.30 bits per heavy atom. The van der Waals surface area contributed by atoms with Gasteiger partial charge in [-0.3, -0.25) is 4.79 Å². The van der Waals surface area contributed by atoms with Crippen molar-refractivity contribution in [3.05, 3.63) is 35.9 Å². The van der Waals surface area contributed by atoms with Crippen LogP contribution in [0.2, 0.25) is 0 Å². The molecule has 0 saturated heterocycles. The number of hydrogen-bond acceptors (Lipinski definition) is 4. The Bertz CT molecular complexity index is 480. The minimum absolute atomic E-state index is 0.304. The van der Waals surface area contributed by atoms with Crippen LogP contribution in [0, 0.1) is 11.3 Å². The number of nitriles is 1. The van der Waals surface area contributed by atoms with E-state index in [9.17, 15) is 9.59 Å². The van der Waals surface area contributed by atoms with Gasteiger partial charge in [0.05, 0.1) is 13.2 Å². The van der Waals surface area contributed by atoms with E-state index in [1.165, 1.54) is 7.11 Å². The van der Waals surface area contributed by atoms with Crippen LogP contribution in [0.3, 0.4) is 0 Å². The third-order valence-electron chi connectivity index (χ3n) is 2.86. The van der Waals surface area contributed by atoms with Crippen molar-refractivity contribution < 1.29 is 14.3 Å². The fourth-order valence-electron chi connectivity index (χ4n) is 1.77. The van der Waals surface area contributed by atoms with Crippen molar-refractivity contribution in [1.82, 2.24) is 5.32 Å². The smallest absolute Gasteiger partial charge is 0.328 e. The summed E-state index contributed by atoms with van der Waals surface area (Å²) in [6.07, 6.45) is 2.29. The van der Waals surface area contributed by atoms with Crippen molar-refractivity contribution in [2.75, 3.05) is 7.11 Å². The molecule has 0 heterocycles. The van der Waals surface area contributed by atoms with Crippen molar-refractivity contribution in [2.45, 2.75) is 31.7 Å². The molecule has 1 N–H and O–H groups in total. The Labute approximate surface area is 118 Å². The zero-order valence-electron chi connectivity index (χ0n) is 11.5. The summed E-state index contributed by atoms with van der Waals surface area (Å²) < 4.78 is 4.69. The molecule has 1 atom stereocenters. The van der Waals surface area contributed by atoms with Gasteiger partial charge in [0.15, 0.2) is 0 Å². The highest BCUT2D eigenvalue weighted by atomic mass is 16.5. The van der Waals surface area contributed by atoms with E-state index in [1.807, 2.05) is 12.1 Å².